The van der Waals surface area contributed by atoms with E-state index in [1.807, 2.05) is 37.6 Å². The molecule has 0 amide bonds. The molecular formula is C13H16ClN3O. The third kappa shape index (κ3) is 3.24. The Balaban J connectivity index is 1.90. The lowest BCUT2D eigenvalue weighted by molar-refractivity contribution is 0.322. The molecule has 18 heavy (non-hydrogen) atoms. The van der Waals surface area contributed by atoms with Crippen LogP contribution in [-0.4, -0.2) is 16.4 Å². The molecule has 0 atom stereocenters. The van der Waals surface area contributed by atoms with E-state index in [1.165, 1.54) is 0 Å². The minimum absolute atomic E-state index is 0.482. The Kier molecular flexibility index (Phi) is 4.23. The molecule has 2 aromatic rings. The predicted octanol–water partition coefficient (Wildman–Crippen LogP) is 2.15. The lowest BCUT2D eigenvalue weighted by Crippen LogP contribution is -2.02. The second-order valence-corrected chi connectivity index (χ2v) is 4.50. The van der Waals surface area contributed by atoms with Crippen LogP contribution in [0.5, 0.6) is 5.75 Å². The zero-order chi connectivity index (χ0) is 13.0. The normalized spacial score (nSPS) is 10.6. The van der Waals surface area contributed by atoms with Crippen molar-refractivity contribution >= 4 is 11.6 Å². The lowest BCUT2D eigenvalue weighted by atomic mass is 10.2. The van der Waals surface area contributed by atoms with E-state index in [0.29, 0.717) is 23.9 Å². The fraction of sp³-hybridized carbons (Fsp3) is 0.308. The van der Waals surface area contributed by atoms with Crippen molar-refractivity contribution in [2.24, 2.45) is 12.8 Å². The van der Waals surface area contributed by atoms with E-state index in [-0.39, 0.29) is 0 Å². The third-order valence-corrected chi connectivity index (χ3v) is 2.93. The van der Waals surface area contributed by atoms with Gasteiger partial charge in [-0.1, -0.05) is 17.7 Å². The van der Waals surface area contributed by atoms with Crippen LogP contribution in [-0.2, 0) is 20.0 Å². The topological polar surface area (TPSA) is 53.1 Å². The van der Waals surface area contributed by atoms with Gasteiger partial charge in [0.25, 0.3) is 0 Å². The first-order valence-electron chi connectivity index (χ1n) is 5.78. The van der Waals surface area contributed by atoms with Crippen molar-refractivity contribution in [1.29, 1.82) is 0 Å². The van der Waals surface area contributed by atoms with E-state index in [9.17, 15) is 0 Å². The van der Waals surface area contributed by atoms with Gasteiger partial charge in [0.05, 0.1) is 17.8 Å². The number of benzene rings is 1. The van der Waals surface area contributed by atoms with Crippen molar-refractivity contribution in [2.75, 3.05) is 6.61 Å². The Morgan fingerprint density at radius 1 is 1.39 bits per heavy atom. The summed E-state index contributed by atoms with van der Waals surface area (Å²) in [5, 5.41) is 4.70. The van der Waals surface area contributed by atoms with E-state index < -0.39 is 0 Å². The maximum atomic E-state index is 6.10. The van der Waals surface area contributed by atoms with Gasteiger partial charge < -0.3 is 10.5 Å². The first-order chi connectivity index (χ1) is 8.69. The summed E-state index contributed by atoms with van der Waals surface area (Å²) in [6, 6.07) is 5.61. The van der Waals surface area contributed by atoms with Gasteiger partial charge in [0.1, 0.15) is 5.75 Å². The summed E-state index contributed by atoms with van der Waals surface area (Å²) < 4.78 is 7.42. The number of halogens is 1. The largest absolute Gasteiger partial charge is 0.492 e. The average molecular weight is 266 g/mol. The summed E-state index contributed by atoms with van der Waals surface area (Å²) in [5.74, 6) is 0.692. The predicted molar refractivity (Wildman–Crippen MR) is 71.8 cm³/mol. The lowest BCUT2D eigenvalue weighted by Gasteiger charge is -2.08. The molecule has 5 heteroatoms. The second-order valence-electron chi connectivity index (χ2n) is 4.09. The van der Waals surface area contributed by atoms with Crippen molar-refractivity contribution in [1.82, 2.24) is 9.78 Å². The molecule has 0 aliphatic heterocycles. The highest BCUT2D eigenvalue weighted by molar-refractivity contribution is 6.32. The summed E-state index contributed by atoms with van der Waals surface area (Å²) >= 11 is 6.10. The molecule has 0 unspecified atom stereocenters. The van der Waals surface area contributed by atoms with E-state index >= 15 is 0 Å². The van der Waals surface area contributed by atoms with Gasteiger partial charge in [-0.25, -0.2) is 0 Å². The SMILES string of the molecule is Cn1cc(CCOc2ccc(CN)cc2Cl)cn1. The quantitative estimate of drug-likeness (QED) is 0.901. The van der Waals surface area contributed by atoms with Gasteiger partial charge in [0.15, 0.2) is 0 Å². The molecular weight excluding hydrogens is 250 g/mol. The molecule has 0 aliphatic rings. The number of aromatic nitrogens is 2. The molecule has 96 valence electrons. The molecule has 0 radical (unpaired) electrons. The van der Waals surface area contributed by atoms with Gasteiger partial charge in [0, 0.05) is 26.2 Å². The van der Waals surface area contributed by atoms with Gasteiger partial charge in [-0.15, -0.1) is 0 Å². The van der Waals surface area contributed by atoms with Crippen molar-refractivity contribution in [3.05, 3.63) is 46.7 Å². The number of hydrogen-bond acceptors (Lipinski definition) is 3. The Bertz CT molecular complexity index is 525. The number of aryl methyl sites for hydroxylation is 1. The van der Waals surface area contributed by atoms with Crippen LogP contribution >= 0.6 is 11.6 Å². The van der Waals surface area contributed by atoms with Gasteiger partial charge in [-0.3, -0.25) is 4.68 Å². The Labute approximate surface area is 111 Å². The molecule has 0 spiro atoms. The van der Waals surface area contributed by atoms with Gasteiger partial charge >= 0.3 is 0 Å². The van der Waals surface area contributed by atoms with Crippen LogP contribution in [0.4, 0.5) is 0 Å². The Morgan fingerprint density at radius 2 is 2.22 bits per heavy atom. The molecule has 1 aromatic heterocycles. The van der Waals surface area contributed by atoms with E-state index in [0.717, 1.165) is 17.5 Å². The summed E-state index contributed by atoms with van der Waals surface area (Å²) in [6.07, 6.45) is 4.62. The summed E-state index contributed by atoms with van der Waals surface area (Å²) in [4.78, 5) is 0. The van der Waals surface area contributed by atoms with Crippen LogP contribution in [0.3, 0.4) is 0 Å². The Morgan fingerprint density at radius 3 is 2.83 bits per heavy atom. The number of rotatable bonds is 5. The fourth-order valence-corrected chi connectivity index (χ4v) is 1.93. The van der Waals surface area contributed by atoms with Crippen molar-refractivity contribution in [3.63, 3.8) is 0 Å². The molecule has 4 nitrogen and oxygen atoms in total. The molecule has 0 saturated heterocycles. The molecule has 0 saturated carbocycles. The molecule has 2 rings (SSSR count). The highest BCUT2D eigenvalue weighted by Gasteiger charge is 2.03. The minimum atomic E-state index is 0.482. The van der Waals surface area contributed by atoms with Crippen LogP contribution in [0, 0.1) is 0 Å². The van der Waals surface area contributed by atoms with E-state index in [2.05, 4.69) is 5.10 Å². The maximum absolute atomic E-state index is 6.10. The van der Waals surface area contributed by atoms with Crippen LogP contribution in [0.25, 0.3) is 0 Å². The van der Waals surface area contributed by atoms with Crippen LogP contribution in [0.2, 0.25) is 5.02 Å². The highest BCUT2D eigenvalue weighted by atomic mass is 35.5. The summed E-state index contributed by atoms with van der Waals surface area (Å²) in [7, 11) is 1.90. The summed E-state index contributed by atoms with van der Waals surface area (Å²) in [5.41, 5.74) is 7.68. The van der Waals surface area contributed by atoms with Crippen LogP contribution in [0.15, 0.2) is 30.6 Å². The standard InChI is InChI=1S/C13H16ClN3O/c1-17-9-11(8-16-17)4-5-18-13-3-2-10(7-15)6-12(13)14/h2-3,6,8-9H,4-5,7,15H2,1H3. The highest BCUT2D eigenvalue weighted by Crippen LogP contribution is 2.25. The monoisotopic (exact) mass is 265 g/mol. The van der Waals surface area contributed by atoms with Gasteiger partial charge in [0.2, 0.25) is 0 Å². The molecule has 0 fully saturated rings. The van der Waals surface area contributed by atoms with Crippen LogP contribution < -0.4 is 10.5 Å². The second kappa shape index (κ2) is 5.89. The van der Waals surface area contributed by atoms with Crippen molar-refractivity contribution < 1.29 is 4.74 Å². The fourth-order valence-electron chi connectivity index (χ4n) is 1.67. The average Bonchev–Trinajstić information content (AvgIpc) is 2.77. The number of nitrogens with zero attached hydrogens (tertiary/aromatic N) is 2. The first kappa shape index (κ1) is 12.9. The number of nitrogens with two attached hydrogens (primary N) is 1. The maximum Gasteiger partial charge on any atom is 0.137 e. The number of ether oxygens (including phenoxy) is 1. The minimum Gasteiger partial charge on any atom is -0.492 e. The smallest absolute Gasteiger partial charge is 0.137 e. The molecule has 1 aromatic carbocycles. The molecule has 0 bridgehead atoms. The van der Waals surface area contributed by atoms with Crippen LogP contribution in [0.1, 0.15) is 11.1 Å². The van der Waals surface area contributed by atoms with Crippen molar-refractivity contribution in [3.8, 4) is 5.75 Å². The zero-order valence-electron chi connectivity index (χ0n) is 10.3. The summed E-state index contributed by atoms with van der Waals surface area (Å²) in [6.45, 7) is 1.06. The molecule has 1 heterocycles. The van der Waals surface area contributed by atoms with Crippen molar-refractivity contribution in [2.45, 2.75) is 13.0 Å². The first-order valence-corrected chi connectivity index (χ1v) is 6.15. The Hall–Kier alpha value is -1.52. The molecule has 2 N–H and O–H groups in total. The van der Waals surface area contributed by atoms with E-state index in [4.69, 9.17) is 22.1 Å². The number of hydrogen-bond donors (Lipinski definition) is 1. The molecule has 0 aliphatic carbocycles. The van der Waals surface area contributed by atoms with Gasteiger partial charge in [-0.05, 0) is 23.3 Å². The van der Waals surface area contributed by atoms with Gasteiger partial charge in [-0.2, -0.15) is 5.10 Å². The third-order valence-electron chi connectivity index (χ3n) is 2.64. The van der Waals surface area contributed by atoms with E-state index in [1.54, 1.807) is 4.68 Å². The zero-order valence-corrected chi connectivity index (χ0v) is 11.0.